The van der Waals surface area contributed by atoms with E-state index >= 15 is 0 Å². The molecular weight excluding hydrogens is 602 g/mol. The van der Waals surface area contributed by atoms with Gasteiger partial charge in [0.05, 0.1) is 15.6 Å². The number of aryl methyl sites for hydroxylation is 1. The lowest BCUT2D eigenvalue weighted by Crippen LogP contribution is -2.05. The molecule has 0 N–H and O–H groups in total. The van der Waals surface area contributed by atoms with Crippen LogP contribution in [0.5, 0.6) is 5.75 Å². The average Bonchev–Trinajstić information content (AvgIpc) is 3.13. The van der Waals surface area contributed by atoms with Crippen LogP contribution in [0.3, 0.4) is 0 Å². The molecule has 1 heterocycles. The first-order chi connectivity index (χ1) is 15.4. The van der Waals surface area contributed by atoms with E-state index in [-0.39, 0.29) is 5.70 Å². The van der Waals surface area contributed by atoms with Crippen LogP contribution < -0.4 is 4.74 Å². The first-order valence-electron chi connectivity index (χ1n) is 9.85. The Morgan fingerprint density at radius 1 is 0.969 bits per heavy atom. The number of carbonyl (C=O) groups excluding carboxylic acids is 1. The number of rotatable bonds is 6. The number of cyclic esters (lactones) is 1. The van der Waals surface area contributed by atoms with Crippen LogP contribution in [0.2, 0.25) is 0 Å². The summed E-state index contributed by atoms with van der Waals surface area (Å²) in [6.07, 6.45) is 2.51. The van der Waals surface area contributed by atoms with Crippen LogP contribution in [-0.2, 0) is 16.0 Å². The van der Waals surface area contributed by atoms with Gasteiger partial charge in [-0.1, -0.05) is 46.3 Å². The van der Waals surface area contributed by atoms with Crippen molar-refractivity contribution < 1.29 is 14.3 Å². The summed E-state index contributed by atoms with van der Waals surface area (Å²) in [5, 5.41) is 0. The van der Waals surface area contributed by atoms with E-state index in [9.17, 15) is 4.79 Å². The van der Waals surface area contributed by atoms with Gasteiger partial charge in [0.15, 0.2) is 5.70 Å². The van der Waals surface area contributed by atoms with Gasteiger partial charge in [-0.05, 0) is 91.9 Å². The minimum Gasteiger partial charge on any atom is -0.491 e. The average molecular weight is 620 g/mol. The van der Waals surface area contributed by atoms with Gasteiger partial charge >= 0.3 is 5.97 Å². The normalized spacial score (nSPS) is 14.4. The smallest absolute Gasteiger partial charge is 0.363 e. The molecule has 0 aliphatic carbocycles. The van der Waals surface area contributed by atoms with Crippen LogP contribution in [0.25, 0.3) is 6.08 Å². The highest BCUT2D eigenvalue weighted by atomic mass is 79.9. The molecule has 4 nitrogen and oxygen atoms in total. The summed E-state index contributed by atoms with van der Waals surface area (Å²) >= 11 is 10.6. The Hall–Kier alpha value is -2.22. The van der Waals surface area contributed by atoms with Gasteiger partial charge in [-0.2, -0.15) is 0 Å². The maximum absolute atomic E-state index is 12.4. The predicted molar refractivity (Wildman–Crippen MR) is 137 cm³/mol. The summed E-state index contributed by atoms with van der Waals surface area (Å²) in [6.45, 7) is 2.52. The summed E-state index contributed by atoms with van der Waals surface area (Å²) in [5.41, 5.74) is 4.05. The Bertz CT molecular complexity index is 1210. The number of esters is 1. The molecule has 0 fully saturated rings. The van der Waals surface area contributed by atoms with E-state index in [0.717, 1.165) is 36.5 Å². The maximum Gasteiger partial charge on any atom is 0.363 e. The second-order valence-electron chi connectivity index (χ2n) is 7.20. The van der Waals surface area contributed by atoms with Gasteiger partial charge in [-0.3, -0.25) is 0 Å². The van der Waals surface area contributed by atoms with Crippen molar-refractivity contribution in [3.63, 3.8) is 0 Å². The number of halogens is 3. The first kappa shape index (κ1) is 23.0. The fourth-order valence-corrected chi connectivity index (χ4v) is 4.88. The molecule has 0 saturated heterocycles. The highest BCUT2D eigenvalue weighted by molar-refractivity contribution is 9.11. The van der Waals surface area contributed by atoms with Gasteiger partial charge in [-0.25, -0.2) is 9.79 Å². The molecule has 0 unspecified atom stereocenters. The number of aliphatic imine (C=N–C) groups is 1. The standard InChI is InChI=1S/C25H18Br3NO3/c1-15-11-18(7-8-19(15)26)24-29-22(25(30)32-24)14-17-12-20(27)23(21(28)13-17)31-10-9-16-5-3-2-4-6-16/h2-8,11-14H,9-10H2,1H3/b22-14-. The molecular formula is C25H18Br3NO3. The third kappa shape index (κ3) is 5.39. The lowest BCUT2D eigenvalue weighted by Gasteiger charge is -2.11. The van der Waals surface area contributed by atoms with Crippen LogP contribution in [0.4, 0.5) is 0 Å². The van der Waals surface area contributed by atoms with Crippen molar-refractivity contribution in [3.05, 3.63) is 102 Å². The molecule has 3 aromatic rings. The molecule has 0 spiro atoms. The Labute approximate surface area is 211 Å². The minimum absolute atomic E-state index is 0.247. The van der Waals surface area contributed by atoms with E-state index < -0.39 is 5.97 Å². The number of benzene rings is 3. The highest BCUT2D eigenvalue weighted by Gasteiger charge is 2.24. The lowest BCUT2D eigenvalue weighted by atomic mass is 10.1. The summed E-state index contributed by atoms with van der Waals surface area (Å²) in [4.78, 5) is 16.8. The van der Waals surface area contributed by atoms with Crippen molar-refractivity contribution in [1.82, 2.24) is 0 Å². The molecule has 0 amide bonds. The SMILES string of the molecule is Cc1cc(C2=N/C(=C\c3cc(Br)c(OCCc4ccccc4)c(Br)c3)C(=O)O2)ccc1Br. The number of ether oxygens (including phenoxy) is 2. The second kappa shape index (κ2) is 10.1. The van der Waals surface area contributed by atoms with Crippen LogP contribution in [0.1, 0.15) is 22.3 Å². The Morgan fingerprint density at radius 3 is 2.38 bits per heavy atom. The fourth-order valence-electron chi connectivity index (χ4n) is 3.18. The van der Waals surface area contributed by atoms with Crippen LogP contribution in [-0.4, -0.2) is 18.5 Å². The summed E-state index contributed by atoms with van der Waals surface area (Å²) in [5.74, 6) is 0.540. The predicted octanol–water partition coefficient (Wildman–Crippen LogP) is 7.25. The Morgan fingerprint density at radius 2 is 1.69 bits per heavy atom. The molecule has 7 heteroatoms. The fraction of sp³-hybridized carbons (Fsp3) is 0.120. The number of hydrogen-bond donors (Lipinski definition) is 0. The minimum atomic E-state index is -0.476. The van der Waals surface area contributed by atoms with Gasteiger partial charge < -0.3 is 9.47 Å². The second-order valence-corrected chi connectivity index (χ2v) is 9.76. The molecule has 0 bridgehead atoms. The lowest BCUT2D eigenvalue weighted by molar-refractivity contribution is -0.129. The maximum atomic E-state index is 12.4. The van der Waals surface area contributed by atoms with Crippen LogP contribution in [0, 0.1) is 6.92 Å². The van der Waals surface area contributed by atoms with Crippen LogP contribution in [0.15, 0.2) is 84.8 Å². The Kier molecular flexibility index (Phi) is 7.28. The molecule has 0 saturated carbocycles. The number of nitrogens with zero attached hydrogens (tertiary/aromatic N) is 1. The van der Waals surface area contributed by atoms with Crippen molar-refractivity contribution in [2.24, 2.45) is 4.99 Å². The van der Waals surface area contributed by atoms with E-state index in [1.165, 1.54) is 5.56 Å². The molecule has 3 aromatic carbocycles. The van der Waals surface area contributed by atoms with Crippen LogP contribution >= 0.6 is 47.8 Å². The Balaban J connectivity index is 1.51. The molecule has 162 valence electrons. The van der Waals surface area contributed by atoms with Crippen molar-refractivity contribution >= 4 is 65.7 Å². The monoisotopic (exact) mass is 617 g/mol. The quantitative estimate of drug-likeness (QED) is 0.216. The largest absolute Gasteiger partial charge is 0.491 e. The summed E-state index contributed by atoms with van der Waals surface area (Å²) < 4.78 is 13.9. The molecule has 1 aliphatic heterocycles. The zero-order valence-corrected chi connectivity index (χ0v) is 21.8. The molecule has 4 rings (SSSR count). The van der Waals surface area contributed by atoms with Gasteiger partial charge in [0, 0.05) is 16.5 Å². The third-order valence-electron chi connectivity index (χ3n) is 4.83. The van der Waals surface area contributed by atoms with Crippen molar-refractivity contribution in [3.8, 4) is 5.75 Å². The zero-order valence-electron chi connectivity index (χ0n) is 17.1. The van der Waals surface area contributed by atoms with Gasteiger partial charge in [0.25, 0.3) is 0 Å². The molecule has 32 heavy (non-hydrogen) atoms. The number of carbonyl (C=O) groups is 1. The first-order valence-corrected chi connectivity index (χ1v) is 12.2. The van der Waals surface area contributed by atoms with Gasteiger partial charge in [-0.15, -0.1) is 0 Å². The van der Waals surface area contributed by atoms with Gasteiger partial charge in [0.2, 0.25) is 5.90 Å². The molecule has 0 aromatic heterocycles. The topological polar surface area (TPSA) is 47.9 Å². The number of hydrogen-bond acceptors (Lipinski definition) is 4. The molecule has 0 radical (unpaired) electrons. The van der Waals surface area contributed by atoms with E-state index in [1.807, 2.05) is 55.5 Å². The van der Waals surface area contributed by atoms with Crippen molar-refractivity contribution in [2.45, 2.75) is 13.3 Å². The summed E-state index contributed by atoms with van der Waals surface area (Å²) in [6, 6.07) is 19.7. The highest BCUT2D eigenvalue weighted by Crippen LogP contribution is 2.36. The van der Waals surface area contributed by atoms with E-state index in [1.54, 1.807) is 6.08 Å². The van der Waals surface area contributed by atoms with E-state index in [4.69, 9.17) is 9.47 Å². The van der Waals surface area contributed by atoms with E-state index in [0.29, 0.717) is 18.3 Å². The summed E-state index contributed by atoms with van der Waals surface area (Å²) in [7, 11) is 0. The van der Waals surface area contributed by atoms with Crippen molar-refractivity contribution in [1.29, 1.82) is 0 Å². The molecule has 0 atom stereocenters. The van der Waals surface area contributed by atoms with Gasteiger partial charge in [0.1, 0.15) is 5.75 Å². The zero-order chi connectivity index (χ0) is 22.7. The van der Waals surface area contributed by atoms with E-state index in [2.05, 4.69) is 64.9 Å². The molecule has 1 aliphatic rings. The third-order valence-corrected chi connectivity index (χ3v) is 6.90. The van der Waals surface area contributed by atoms with Crippen molar-refractivity contribution in [2.75, 3.05) is 6.61 Å².